The van der Waals surface area contributed by atoms with Gasteiger partial charge < -0.3 is 11.1 Å². The van der Waals surface area contributed by atoms with Gasteiger partial charge in [0, 0.05) is 12.1 Å². The highest BCUT2D eigenvalue weighted by molar-refractivity contribution is 8.00. The topological polar surface area (TPSA) is 55.1 Å². The lowest BCUT2D eigenvalue weighted by molar-refractivity contribution is -0.121. The smallest absolute Gasteiger partial charge is 0.233 e. The number of nitrogens with two attached hydrogens (primary N) is 1. The third kappa shape index (κ3) is 6.32. The first-order valence-electron chi connectivity index (χ1n) is 6.77. The summed E-state index contributed by atoms with van der Waals surface area (Å²) in [6, 6.07) is 0.656. The minimum atomic E-state index is 0.0516. The Labute approximate surface area is 109 Å². The van der Waals surface area contributed by atoms with Gasteiger partial charge in [0.15, 0.2) is 0 Å². The van der Waals surface area contributed by atoms with E-state index in [1.54, 1.807) is 11.8 Å². The number of carbonyl (C=O) groups excluding carboxylic acids is 1. The highest BCUT2D eigenvalue weighted by Crippen LogP contribution is 2.19. The molecule has 3 nitrogen and oxygen atoms in total. The molecule has 0 aromatic heterocycles. The molecule has 17 heavy (non-hydrogen) atoms. The van der Waals surface area contributed by atoms with Crippen molar-refractivity contribution in [1.29, 1.82) is 0 Å². The molecule has 0 radical (unpaired) electrons. The van der Waals surface area contributed by atoms with E-state index < -0.39 is 0 Å². The van der Waals surface area contributed by atoms with E-state index in [1.165, 1.54) is 19.3 Å². The lowest BCUT2D eigenvalue weighted by atomic mass is 9.95. The molecule has 0 aromatic carbocycles. The van der Waals surface area contributed by atoms with Crippen LogP contribution in [0.3, 0.4) is 0 Å². The lowest BCUT2D eigenvalue weighted by Gasteiger charge is -2.24. The van der Waals surface area contributed by atoms with Crippen LogP contribution < -0.4 is 11.1 Å². The van der Waals surface area contributed by atoms with E-state index in [4.69, 9.17) is 5.73 Å². The van der Waals surface area contributed by atoms with Crippen molar-refractivity contribution in [2.24, 2.45) is 5.73 Å². The Hall–Kier alpha value is -0.220. The van der Waals surface area contributed by atoms with Gasteiger partial charge in [0.1, 0.15) is 0 Å². The van der Waals surface area contributed by atoms with Gasteiger partial charge in [-0.2, -0.15) is 0 Å². The number of hydrogen-bond acceptors (Lipinski definition) is 3. The molecule has 1 saturated carbocycles. The molecule has 1 aliphatic carbocycles. The minimum Gasteiger partial charge on any atom is -0.352 e. The highest BCUT2D eigenvalue weighted by atomic mass is 32.2. The molecule has 1 amide bonds. The summed E-state index contributed by atoms with van der Waals surface area (Å²) >= 11 is 1.71. The lowest BCUT2D eigenvalue weighted by Crippen LogP contribution is -2.40. The van der Waals surface area contributed by atoms with Crippen LogP contribution in [-0.4, -0.2) is 29.0 Å². The van der Waals surface area contributed by atoms with Crippen LogP contribution in [0, 0.1) is 0 Å². The van der Waals surface area contributed by atoms with Gasteiger partial charge in [-0.25, -0.2) is 0 Å². The number of hydrogen-bond donors (Lipinski definition) is 2. The van der Waals surface area contributed by atoms with E-state index in [2.05, 4.69) is 5.32 Å². The average molecular weight is 258 g/mol. The van der Waals surface area contributed by atoms with Gasteiger partial charge in [-0.3, -0.25) is 4.79 Å². The molecule has 3 N–H and O–H groups in total. The zero-order valence-electron chi connectivity index (χ0n) is 11.1. The molecule has 1 rings (SSSR count). The Bertz CT molecular complexity index is 227. The van der Waals surface area contributed by atoms with Crippen LogP contribution in [0.1, 0.15) is 52.4 Å². The summed E-state index contributed by atoms with van der Waals surface area (Å²) in [5.41, 5.74) is 5.69. The maximum atomic E-state index is 11.9. The van der Waals surface area contributed by atoms with Gasteiger partial charge in [-0.1, -0.05) is 19.3 Å². The fourth-order valence-electron chi connectivity index (χ4n) is 2.07. The monoisotopic (exact) mass is 258 g/mol. The van der Waals surface area contributed by atoms with E-state index in [9.17, 15) is 4.79 Å². The van der Waals surface area contributed by atoms with E-state index in [1.807, 2.05) is 13.8 Å². The number of nitrogens with one attached hydrogen (secondary N) is 1. The predicted octanol–water partition coefficient (Wildman–Crippen LogP) is 2.29. The van der Waals surface area contributed by atoms with Crippen LogP contribution in [0.5, 0.6) is 0 Å². The van der Waals surface area contributed by atoms with Crippen molar-refractivity contribution < 1.29 is 4.79 Å². The molecule has 2 unspecified atom stereocenters. The predicted molar refractivity (Wildman–Crippen MR) is 75.2 cm³/mol. The maximum Gasteiger partial charge on any atom is 0.233 e. The summed E-state index contributed by atoms with van der Waals surface area (Å²) in [5.74, 6) is 1.17. The summed E-state index contributed by atoms with van der Waals surface area (Å²) in [5, 5.41) is 3.22. The molecule has 0 bridgehead atoms. The van der Waals surface area contributed by atoms with Gasteiger partial charge in [0.25, 0.3) is 0 Å². The molecule has 4 heteroatoms. The number of amides is 1. The average Bonchev–Trinajstić information content (AvgIpc) is 2.29. The van der Waals surface area contributed by atoms with Crippen LogP contribution in [-0.2, 0) is 4.79 Å². The van der Waals surface area contributed by atoms with Crippen molar-refractivity contribution in [2.45, 2.75) is 69.7 Å². The zero-order valence-corrected chi connectivity index (χ0v) is 11.9. The normalized spacial score (nSPS) is 20.9. The van der Waals surface area contributed by atoms with Crippen LogP contribution in [0.4, 0.5) is 0 Å². The molecule has 100 valence electrons. The third-order valence-corrected chi connectivity index (χ3v) is 4.45. The van der Waals surface area contributed by atoms with Crippen molar-refractivity contribution in [1.82, 2.24) is 5.32 Å². The first-order valence-corrected chi connectivity index (χ1v) is 7.82. The van der Waals surface area contributed by atoms with Crippen molar-refractivity contribution in [3.8, 4) is 0 Å². The van der Waals surface area contributed by atoms with Gasteiger partial charge in [0.05, 0.1) is 5.25 Å². The third-order valence-electron chi connectivity index (χ3n) is 3.26. The number of rotatable bonds is 6. The summed E-state index contributed by atoms with van der Waals surface area (Å²) in [7, 11) is 0. The van der Waals surface area contributed by atoms with E-state index in [-0.39, 0.29) is 17.2 Å². The standard InChI is InChI=1S/C13H26N2OS/c1-10(14)8-9-17-11(2)13(16)15-12-6-4-3-5-7-12/h10-12H,3-9,14H2,1-2H3,(H,15,16). The Morgan fingerprint density at radius 2 is 2.00 bits per heavy atom. The van der Waals surface area contributed by atoms with Crippen LogP contribution in [0.2, 0.25) is 0 Å². The van der Waals surface area contributed by atoms with Crippen LogP contribution >= 0.6 is 11.8 Å². The Balaban J connectivity index is 2.16. The van der Waals surface area contributed by atoms with E-state index in [0.29, 0.717) is 6.04 Å². The van der Waals surface area contributed by atoms with E-state index >= 15 is 0 Å². The Morgan fingerprint density at radius 3 is 2.59 bits per heavy atom. The molecule has 0 spiro atoms. The minimum absolute atomic E-state index is 0.0516. The largest absolute Gasteiger partial charge is 0.352 e. The summed E-state index contributed by atoms with van der Waals surface area (Å²) in [4.78, 5) is 11.9. The zero-order chi connectivity index (χ0) is 12.7. The molecular formula is C13H26N2OS. The molecular weight excluding hydrogens is 232 g/mol. The van der Waals surface area contributed by atoms with Gasteiger partial charge in [0.2, 0.25) is 5.91 Å². The second kappa shape index (κ2) is 7.98. The van der Waals surface area contributed by atoms with Crippen LogP contribution in [0.25, 0.3) is 0 Å². The van der Waals surface area contributed by atoms with E-state index in [0.717, 1.165) is 25.0 Å². The first-order chi connectivity index (χ1) is 8.09. The SMILES string of the molecule is CC(N)CCSC(C)C(=O)NC1CCCCC1. The number of thioether (sulfide) groups is 1. The van der Waals surface area contributed by atoms with Crippen molar-refractivity contribution in [3.05, 3.63) is 0 Å². The quantitative estimate of drug-likeness (QED) is 0.768. The Kier molecular flexibility index (Phi) is 6.97. The van der Waals surface area contributed by atoms with Crippen molar-refractivity contribution in [2.75, 3.05) is 5.75 Å². The molecule has 0 heterocycles. The fraction of sp³-hybridized carbons (Fsp3) is 0.923. The molecule has 0 aromatic rings. The fourth-order valence-corrected chi connectivity index (χ4v) is 3.15. The number of carbonyl (C=O) groups is 1. The first kappa shape index (κ1) is 14.8. The molecule has 1 aliphatic rings. The molecule has 2 atom stereocenters. The maximum absolute atomic E-state index is 11.9. The highest BCUT2D eigenvalue weighted by Gasteiger charge is 2.19. The second-order valence-electron chi connectivity index (χ2n) is 5.12. The van der Waals surface area contributed by atoms with Gasteiger partial charge in [-0.15, -0.1) is 11.8 Å². The Morgan fingerprint density at radius 1 is 1.35 bits per heavy atom. The van der Waals surface area contributed by atoms with Crippen LogP contribution in [0.15, 0.2) is 0 Å². The van der Waals surface area contributed by atoms with Gasteiger partial charge in [-0.05, 0) is 38.9 Å². The van der Waals surface area contributed by atoms with Gasteiger partial charge >= 0.3 is 0 Å². The summed E-state index contributed by atoms with van der Waals surface area (Å²) in [6.45, 7) is 4.00. The summed E-state index contributed by atoms with van der Waals surface area (Å²) < 4.78 is 0. The van der Waals surface area contributed by atoms with Crippen molar-refractivity contribution >= 4 is 17.7 Å². The molecule has 0 aliphatic heterocycles. The summed E-state index contributed by atoms with van der Waals surface area (Å²) in [6.07, 6.45) is 7.14. The molecule has 0 saturated heterocycles. The molecule has 1 fully saturated rings. The second-order valence-corrected chi connectivity index (χ2v) is 6.57. The van der Waals surface area contributed by atoms with Crippen molar-refractivity contribution in [3.63, 3.8) is 0 Å².